The predicted molar refractivity (Wildman–Crippen MR) is 92.5 cm³/mol. The van der Waals surface area contributed by atoms with Gasteiger partial charge in [0.15, 0.2) is 0 Å². The highest BCUT2D eigenvalue weighted by Gasteiger charge is 2.13. The van der Waals surface area contributed by atoms with Crippen LogP contribution in [0, 0.1) is 0 Å². The molecule has 2 rings (SSSR count). The third-order valence-corrected chi connectivity index (χ3v) is 3.16. The number of nitrogens with one attached hydrogen (secondary N) is 2. The number of amides is 2. The van der Waals surface area contributed by atoms with Crippen LogP contribution >= 0.6 is 0 Å². The number of methoxy groups -OCH3 is 1. The van der Waals surface area contributed by atoms with Crippen LogP contribution in [-0.2, 0) is 9.59 Å². The van der Waals surface area contributed by atoms with Gasteiger partial charge < -0.3 is 20.1 Å². The summed E-state index contributed by atoms with van der Waals surface area (Å²) in [5.74, 6) is 0.256. The first-order valence-corrected chi connectivity index (χ1v) is 7.58. The summed E-state index contributed by atoms with van der Waals surface area (Å²) in [4.78, 5) is 24.1. The second-order valence-corrected chi connectivity index (χ2v) is 4.90. The van der Waals surface area contributed by atoms with Crippen molar-refractivity contribution < 1.29 is 19.1 Å². The topological polar surface area (TPSA) is 76.7 Å². The average molecular weight is 328 g/mol. The monoisotopic (exact) mass is 328 g/mol. The third kappa shape index (κ3) is 4.74. The van der Waals surface area contributed by atoms with E-state index in [4.69, 9.17) is 9.47 Å². The van der Waals surface area contributed by atoms with E-state index in [9.17, 15) is 9.59 Å². The summed E-state index contributed by atoms with van der Waals surface area (Å²) in [6.45, 7) is 2.35. The largest absolute Gasteiger partial charge is 0.495 e. The molecule has 2 aromatic carbocycles. The van der Waals surface area contributed by atoms with Crippen molar-refractivity contribution in [2.75, 3.05) is 24.4 Å². The van der Waals surface area contributed by atoms with Gasteiger partial charge in [0.25, 0.3) is 0 Å². The van der Waals surface area contributed by atoms with Gasteiger partial charge in [0.2, 0.25) is 11.8 Å². The zero-order chi connectivity index (χ0) is 17.4. The molecule has 0 aliphatic rings. The Morgan fingerprint density at radius 1 is 0.875 bits per heavy atom. The van der Waals surface area contributed by atoms with Gasteiger partial charge in [-0.1, -0.05) is 24.3 Å². The molecule has 0 saturated carbocycles. The van der Waals surface area contributed by atoms with Crippen molar-refractivity contribution in [3.05, 3.63) is 48.5 Å². The lowest BCUT2D eigenvalue weighted by molar-refractivity contribution is -0.123. The van der Waals surface area contributed by atoms with Gasteiger partial charge in [0.1, 0.15) is 17.9 Å². The summed E-state index contributed by atoms with van der Waals surface area (Å²) in [7, 11) is 1.52. The van der Waals surface area contributed by atoms with Crippen molar-refractivity contribution in [1.29, 1.82) is 0 Å². The number of carbonyl (C=O) groups excluding carboxylic acids is 2. The molecule has 0 atom stereocenters. The summed E-state index contributed by atoms with van der Waals surface area (Å²) in [6.07, 6.45) is -0.307. The van der Waals surface area contributed by atoms with Crippen LogP contribution in [0.3, 0.4) is 0 Å². The minimum Gasteiger partial charge on any atom is -0.495 e. The molecule has 0 aliphatic carbocycles. The van der Waals surface area contributed by atoms with E-state index in [1.54, 1.807) is 42.5 Å². The van der Waals surface area contributed by atoms with Crippen molar-refractivity contribution in [2.24, 2.45) is 0 Å². The van der Waals surface area contributed by atoms with Crippen molar-refractivity contribution in [2.45, 2.75) is 13.3 Å². The first kappa shape index (κ1) is 17.3. The fourth-order valence-corrected chi connectivity index (χ4v) is 2.13. The van der Waals surface area contributed by atoms with Gasteiger partial charge in [-0.15, -0.1) is 0 Å². The number of para-hydroxylation sites is 4. The molecule has 0 fully saturated rings. The number of hydrogen-bond donors (Lipinski definition) is 2. The number of carbonyl (C=O) groups is 2. The molecule has 6 nitrogen and oxygen atoms in total. The lowest BCUT2D eigenvalue weighted by Gasteiger charge is -2.12. The Labute approximate surface area is 140 Å². The molecule has 0 spiro atoms. The summed E-state index contributed by atoms with van der Waals surface area (Å²) in [5, 5.41) is 5.35. The van der Waals surface area contributed by atoms with Crippen molar-refractivity contribution in [3.8, 4) is 11.5 Å². The van der Waals surface area contributed by atoms with Crippen LogP contribution in [0.2, 0.25) is 0 Å². The van der Waals surface area contributed by atoms with Crippen LogP contribution in [0.25, 0.3) is 0 Å². The number of rotatable bonds is 7. The van der Waals surface area contributed by atoms with E-state index in [2.05, 4.69) is 10.6 Å². The minimum atomic E-state index is -0.425. The molecule has 2 aromatic rings. The van der Waals surface area contributed by atoms with Gasteiger partial charge in [-0.05, 0) is 31.2 Å². The van der Waals surface area contributed by atoms with Crippen LogP contribution < -0.4 is 20.1 Å². The molecule has 24 heavy (non-hydrogen) atoms. The maximum atomic E-state index is 12.1. The SMILES string of the molecule is CCOc1ccccc1NC(=O)CC(=O)Nc1ccccc1OC. The van der Waals surface area contributed by atoms with E-state index >= 15 is 0 Å². The maximum Gasteiger partial charge on any atom is 0.233 e. The highest BCUT2D eigenvalue weighted by Crippen LogP contribution is 2.25. The van der Waals surface area contributed by atoms with Gasteiger partial charge in [-0.2, -0.15) is 0 Å². The molecular formula is C18H20N2O4. The van der Waals surface area contributed by atoms with E-state index in [1.165, 1.54) is 7.11 Å². The van der Waals surface area contributed by atoms with E-state index in [-0.39, 0.29) is 6.42 Å². The fraction of sp³-hybridized carbons (Fsp3) is 0.222. The predicted octanol–water partition coefficient (Wildman–Crippen LogP) is 3.06. The highest BCUT2D eigenvalue weighted by molar-refractivity contribution is 6.08. The van der Waals surface area contributed by atoms with Gasteiger partial charge in [-0.3, -0.25) is 9.59 Å². The Kier molecular flexibility index (Phi) is 6.19. The van der Waals surface area contributed by atoms with Crippen LogP contribution in [0.15, 0.2) is 48.5 Å². The maximum absolute atomic E-state index is 12.1. The quantitative estimate of drug-likeness (QED) is 0.766. The smallest absolute Gasteiger partial charge is 0.233 e. The van der Waals surface area contributed by atoms with Crippen molar-refractivity contribution >= 4 is 23.2 Å². The number of hydrogen-bond acceptors (Lipinski definition) is 4. The molecule has 0 radical (unpaired) electrons. The second kappa shape index (κ2) is 8.57. The van der Waals surface area contributed by atoms with E-state index in [0.29, 0.717) is 29.5 Å². The van der Waals surface area contributed by atoms with Crippen LogP contribution in [-0.4, -0.2) is 25.5 Å². The molecule has 0 aliphatic heterocycles. The zero-order valence-electron chi connectivity index (χ0n) is 13.7. The van der Waals surface area contributed by atoms with Gasteiger partial charge in [0, 0.05) is 0 Å². The number of benzene rings is 2. The fourth-order valence-electron chi connectivity index (χ4n) is 2.13. The van der Waals surface area contributed by atoms with Crippen molar-refractivity contribution in [3.63, 3.8) is 0 Å². The van der Waals surface area contributed by atoms with E-state index in [0.717, 1.165) is 0 Å². The van der Waals surface area contributed by atoms with Crippen molar-refractivity contribution in [1.82, 2.24) is 0 Å². The Morgan fingerprint density at radius 2 is 1.38 bits per heavy atom. The standard InChI is InChI=1S/C18H20N2O4/c1-3-24-16-11-7-5-9-14(16)20-18(22)12-17(21)19-13-8-4-6-10-15(13)23-2/h4-11H,3,12H2,1-2H3,(H,19,21)(H,20,22). The summed E-state index contributed by atoms with van der Waals surface area (Å²) in [5.41, 5.74) is 1.06. The molecule has 0 aromatic heterocycles. The first-order chi connectivity index (χ1) is 11.6. The number of anilines is 2. The van der Waals surface area contributed by atoms with Crippen LogP contribution in [0.1, 0.15) is 13.3 Å². The molecule has 2 amide bonds. The molecule has 0 saturated heterocycles. The van der Waals surface area contributed by atoms with Gasteiger partial charge in [0.05, 0.1) is 25.1 Å². The Morgan fingerprint density at radius 3 is 1.92 bits per heavy atom. The number of ether oxygens (including phenoxy) is 2. The molecule has 6 heteroatoms. The normalized spacial score (nSPS) is 9.92. The molecule has 2 N–H and O–H groups in total. The molecular weight excluding hydrogens is 308 g/mol. The highest BCUT2D eigenvalue weighted by atomic mass is 16.5. The lowest BCUT2D eigenvalue weighted by atomic mass is 10.2. The zero-order valence-corrected chi connectivity index (χ0v) is 13.7. The third-order valence-electron chi connectivity index (χ3n) is 3.16. The molecule has 0 unspecified atom stereocenters. The van der Waals surface area contributed by atoms with Crippen LogP contribution in [0.5, 0.6) is 11.5 Å². The van der Waals surface area contributed by atoms with Gasteiger partial charge in [-0.25, -0.2) is 0 Å². The summed E-state index contributed by atoms with van der Waals surface area (Å²) >= 11 is 0. The minimum absolute atomic E-state index is 0.307. The Balaban J connectivity index is 1.96. The van der Waals surface area contributed by atoms with Crippen LogP contribution in [0.4, 0.5) is 11.4 Å². The van der Waals surface area contributed by atoms with E-state index in [1.807, 2.05) is 13.0 Å². The summed E-state index contributed by atoms with van der Waals surface area (Å²) in [6, 6.07) is 14.1. The molecule has 126 valence electrons. The lowest BCUT2D eigenvalue weighted by Crippen LogP contribution is -2.22. The molecule has 0 heterocycles. The second-order valence-electron chi connectivity index (χ2n) is 4.90. The van der Waals surface area contributed by atoms with Gasteiger partial charge >= 0.3 is 0 Å². The van der Waals surface area contributed by atoms with E-state index < -0.39 is 11.8 Å². The molecule has 0 bridgehead atoms. The average Bonchev–Trinajstić information content (AvgIpc) is 2.57. The first-order valence-electron chi connectivity index (χ1n) is 7.58. The Hall–Kier alpha value is -3.02. The summed E-state index contributed by atoms with van der Waals surface area (Å²) < 4.78 is 10.6. The Bertz CT molecular complexity index is 716.